The van der Waals surface area contributed by atoms with E-state index in [2.05, 4.69) is 5.32 Å². The fourth-order valence-electron chi connectivity index (χ4n) is 1.75. The first-order valence-electron chi connectivity index (χ1n) is 6.94. The number of carbonyl (C=O) groups is 1. The van der Waals surface area contributed by atoms with Gasteiger partial charge in [-0.05, 0) is 44.9 Å². The second-order valence-electron chi connectivity index (χ2n) is 5.70. The van der Waals surface area contributed by atoms with Gasteiger partial charge in [-0.25, -0.2) is 0 Å². The monoisotopic (exact) mass is 279 g/mol. The minimum Gasteiger partial charge on any atom is -0.488 e. The van der Waals surface area contributed by atoms with Gasteiger partial charge >= 0.3 is 0 Å². The van der Waals surface area contributed by atoms with Crippen molar-refractivity contribution in [1.82, 2.24) is 5.32 Å². The molecule has 0 aliphatic rings. The normalized spacial score (nSPS) is 11.2. The lowest BCUT2D eigenvalue weighted by molar-refractivity contribution is -0.121. The third-order valence-corrected chi connectivity index (χ3v) is 2.59. The van der Waals surface area contributed by atoms with Gasteiger partial charge in [0.1, 0.15) is 11.4 Å². The molecule has 4 nitrogen and oxygen atoms in total. The predicted octanol–water partition coefficient (Wildman–Crippen LogP) is 2.56. The maximum Gasteiger partial charge on any atom is 0.222 e. The average molecular weight is 279 g/mol. The van der Waals surface area contributed by atoms with Crippen LogP contribution in [0.15, 0.2) is 24.3 Å². The van der Waals surface area contributed by atoms with E-state index in [1.807, 2.05) is 45.0 Å². The quantitative estimate of drug-likeness (QED) is 0.834. The summed E-state index contributed by atoms with van der Waals surface area (Å²) in [5, 5.41) is 2.87. The average Bonchev–Trinajstić information content (AvgIpc) is 2.35. The third-order valence-electron chi connectivity index (χ3n) is 2.59. The van der Waals surface area contributed by atoms with Crippen LogP contribution in [0.1, 0.15) is 32.8 Å². The second-order valence-corrected chi connectivity index (χ2v) is 5.70. The van der Waals surface area contributed by atoms with Gasteiger partial charge in [-0.3, -0.25) is 4.79 Å². The largest absolute Gasteiger partial charge is 0.488 e. The summed E-state index contributed by atoms with van der Waals surface area (Å²) < 4.78 is 10.7. The van der Waals surface area contributed by atoms with Crippen molar-refractivity contribution >= 4 is 5.91 Å². The first-order valence-corrected chi connectivity index (χ1v) is 6.94. The zero-order chi connectivity index (χ0) is 15.0. The molecule has 0 bridgehead atoms. The van der Waals surface area contributed by atoms with Crippen LogP contribution in [-0.4, -0.2) is 31.8 Å². The topological polar surface area (TPSA) is 47.6 Å². The molecule has 0 saturated carbocycles. The number of rotatable bonds is 7. The molecule has 0 aliphatic carbocycles. The SMILES string of the molecule is COCCC(=O)NCCc1cccc(OC(C)(C)C)c1. The van der Waals surface area contributed by atoms with Crippen LogP contribution in [0.2, 0.25) is 0 Å². The van der Waals surface area contributed by atoms with E-state index in [0.717, 1.165) is 17.7 Å². The van der Waals surface area contributed by atoms with E-state index in [-0.39, 0.29) is 11.5 Å². The summed E-state index contributed by atoms with van der Waals surface area (Å²) in [5.41, 5.74) is 0.950. The molecule has 1 N–H and O–H groups in total. The first kappa shape index (κ1) is 16.5. The van der Waals surface area contributed by atoms with Crippen molar-refractivity contribution in [1.29, 1.82) is 0 Å². The number of nitrogens with one attached hydrogen (secondary N) is 1. The molecule has 1 rings (SSSR count). The number of benzene rings is 1. The Hall–Kier alpha value is -1.55. The lowest BCUT2D eigenvalue weighted by atomic mass is 10.1. The Balaban J connectivity index is 2.41. The summed E-state index contributed by atoms with van der Waals surface area (Å²) in [6.07, 6.45) is 1.20. The third kappa shape index (κ3) is 7.14. The van der Waals surface area contributed by atoms with Crippen molar-refractivity contribution in [3.63, 3.8) is 0 Å². The maximum absolute atomic E-state index is 11.4. The molecule has 0 heterocycles. The van der Waals surface area contributed by atoms with Gasteiger partial charge in [0, 0.05) is 20.1 Å². The molecular formula is C16H25NO3. The minimum atomic E-state index is -0.201. The Morgan fingerprint density at radius 3 is 2.70 bits per heavy atom. The van der Waals surface area contributed by atoms with Crippen LogP contribution in [0.3, 0.4) is 0 Å². The summed E-state index contributed by atoms with van der Waals surface area (Å²) in [6.45, 7) is 7.16. The molecule has 0 saturated heterocycles. The fourth-order valence-corrected chi connectivity index (χ4v) is 1.75. The Labute approximate surface area is 121 Å². The molecule has 1 aromatic rings. The number of methoxy groups -OCH3 is 1. The molecule has 0 atom stereocenters. The summed E-state index contributed by atoms with van der Waals surface area (Å²) in [7, 11) is 1.59. The Morgan fingerprint density at radius 2 is 2.05 bits per heavy atom. The van der Waals surface area contributed by atoms with E-state index in [4.69, 9.17) is 9.47 Å². The number of amides is 1. The summed E-state index contributed by atoms with van der Waals surface area (Å²) in [5.74, 6) is 0.884. The van der Waals surface area contributed by atoms with Crippen molar-refractivity contribution < 1.29 is 14.3 Å². The van der Waals surface area contributed by atoms with E-state index < -0.39 is 0 Å². The molecule has 1 aromatic carbocycles. The molecule has 4 heteroatoms. The maximum atomic E-state index is 11.4. The first-order chi connectivity index (χ1) is 9.40. The highest BCUT2D eigenvalue weighted by Gasteiger charge is 2.11. The molecule has 0 fully saturated rings. The number of carbonyl (C=O) groups excluding carboxylic acids is 1. The zero-order valence-corrected chi connectivity index (χ0v) is 12.9. The van der Waals surface area contributed by atoms with E-state index in [1.54, 1.807) is 7.11 Å². The van der Waals surface area contributed by atoms with Gasteiger partial charge in [-0.2, -0.15) is 0 Å². The van der Waals surface area contributed by atoms with Crippen LogP contribution in [-0.2, 0) is 16.0 Å². The van der Waals surface area contributed by atoms with Crippen LogP contribution in [0, 0.1) is 0 Å². The smallest absolute Gasteiger partial charge is 0.222 e. The van der Waals surface area contributed by atoms with E-state index in [9.17, 15) is 4.79 Å². The van der Waals surface area contributed by atoms with Gasteiger partial charge in [0.15, 0.2) is 0 Å². The fraction of sp³-hybridized carbons (Fsp3) is 0.562. The Morgan fingerprint density at radius 1 is 1.30 bits per heavy atom. The van der Waals surface area contributed by atoms with Gasteiger partial charge in [0.2, 0.25) is 5.91 Å². The van der Waals surface area contributed by atoms with Gasteiger partial charge < -0.3 is 14.8 Å². The lowest BCUT2D eigenvalue weighted by Crippen LogP contribution is -2.26. The Kier molecular flexibility index (Phi) is 6.52. The standard InChI is InChI=1S/C16H25NO3/c1-16(2,3)20-14-7-5-6-13(12-14)8-10-17-15(18)9-11-19-4/h5-7,12H,8-11H2,1-4H3,(H,17,18). The highest BCUT2D eigenvalue weighted by atomic mass is 16.5. The van der Waals surface area contributed by atoms with Crippen LogP contribution in [0.25, 0.3) is 0 Å². The van der Waals surface area contributed by atoms with Gasteiger partial charge in [-0.1, -0.05) is 12.1 Å². The minimum absolute atomic E-state index is 0.0222. The molecule has 0 aromatic heterocycles. The van der Waals surface area contributed by atoms with Gasteiger partial charge in [-0.15, -0.1) is 0 Å². The molecule has 0 unspecified atom stereocenters. The highest BCUT2D eigenvalue weighted by molar-refractivity contribution is 5.75. The molecule has 112 valence electrons. The summed E-state index contributed by atoms with van der Waals surface area (Å²) in [6, 6.07) is 7.98. The lowest BCUT2D eigenvalue weighted by Gasteiger charge is -2.21. The van der Waals surface area contributed by atoms with Crippen molar-refractivity contribution in [2.45, 2.75) is 39.2 Å². The molecule has 20 heavy (non-hydrogen) atoms. The van der Waals surface area contributed by atoms with Gasteiger partial charge in [0.25, 0.3) is 0 Å². The van der Waals surface area contributed by atoms with Crippen LogP contribution in [0.5, 0.6) is 5.75 Å². The summed E-state index contributed by atoms with van der Waals surface area (Å²) >= 11 is 0. The van der Waals surface area contributed by atoms with Crippen molar-refractivity contribution in [3.8, 4) is 5.75 Å². The van der Waals surface area contributed by atoms with Crippen molar-refractivity contribution in [3.05, 3.63) is 29.8 Å². The van der Waals surface area contributed by atoms with Gasteiger partial charge in [0.05, 0.1) is 6.61 Å². The van der Waals surface area contributed by atoms with Crippen LogP contribution >= 0.6 is 0 Å². The molecule has 0 radical (unpaired) electrons. The number of ether oxygens (including phenoxy) is 2. The summed E-state index contributed by atoms with van der Waals surface area (Å²) in [4.78, 5) is 11.4. The zero-order valence-electron chi connectivity index (χ0n) is 12.9. The van der Waals surface area contributed by atoms with Crippen LogP contribution < -0.4 is 10.1 Å². The number of hydrogen-bond acceptors (Lipinski definition) is 3. The molecular weight excluding hydrogens is 254 g/mol. The second kappa shape index (κ2) is 7.90. The van der Waals surface area contributed by atoms with E-state index >= 15 is 0 Å². The Bertz CT molecular complexity index is 424. The van der Waals surface area contributed by atoms with Crippen LogP contribution in [0.4, 0.5) is 0 Å². The molecule has 0 aliphatic heterocycles. The number of hydrogen-bond donors (Lipinski definition) is 1. The van der Waals surface area contributed by atoms with E-state index in [0.29, 0.717) is 19.6 Å². The van der Waals surface area contributed by atoms with Crippen molar-refractivity contribution in [2.75, 3.05) is 20.3 Å². The molecule has 1 amide bonds. The van der Waals surface area contributed by atoms with Crippen molar-refractivity contribution in [2.24, 2.45) is 0 Å². The highest BCUT2D eigenvalue weighted by Crippen LogP contribution is 2.19. The molecule has 0 spiro atoms. The van der Waals surface area contributed by atoms with E-state index in [1.165, 1.54) is 0 Å². The predicted molar refractivity (Wildman–Crippen MR) is 80.0 cm³/mol.